The third-order valence-electron chi connectivity index (χ3n) is 3.64. The van der Waals surface area contributed by atoms with Gasteiger partial charge in [0.05, 0.1) is 17.2 Å². The topological polar surface area (TPSA) is 79.2 Å². The molecule has 0 bridgehead atoms. The van der Waals surface area contributed by atoms with Crippen LogP contribution in [0.5, 0.6) is 0 Å². The molecule has 0 aliphatic carbocycles. The highest BCUT2D eigenvalue weighted by atomic mass is 16.5. The molecule has 0 aliphatic rings. The van der Waals surface area contributed by atoms with Gasteiger partial charge in [0.25, 0.3) is 5.91 Å². The number of esters is 1. The fraction of sp³-hybridized carbons (Fsp3) is 0.286. The predicted octanol–water partition coefficient (Wildman–Crippen LogP) is 3.69. The van der Waals surface area contributed by atoms with Crippen molar-refractivity contribution in [1.29, 1.82) is 5.26 Å². The molecular formula is C21H22N2O3. The summed E-state index contributed by atoms with van der Waals surface area (Å²) in [5, 5.41) is 12.1. The highest BCUT2D eigenvalue weighted by Crippen LogP contribution is 2.27. The summed E-state index contributed by atoms with van der Waals surface area (Å²) in [5.41, 5.74) is 1.60. The first-order valence-corrected chi connectivity index (χ1v) is 8.34. The van der Waals surface area contributed by atoms with E-state index in [-0.39, 0.29) is 5.91 Å². The highest BCUT2D eigenvalue weighted by Gasteiger charge is 2.24. The molecule has 2 aromatic rings. The zero-order chi connectivity index (χ0) is 19.3. The van der Waals surface area contributed by atoms with Gasteiger partial charge in [-0.05, 0) is 45.4 Å². The zero-order valence-corrected chi connectivity index (χ0v) is 15.4. The van der Waals surface area contributed by atoms with Gasteiger partial charge in [0.15, 0.2) is 6.10 Å². The Hall–Kier alpha value is -3.13. The molecule has 0 radical (unpaired) electrons. The van der Waals surface area contributed by atoms with Crippen LogP contribution >= 0.6 is 0 Å². The van der Waals surface area contributed by atoms with Gasteiger partial charge in [-0.25, -0.2) is 4.79 Å². The number of nitriles is 1. The maximum Gasteiger partial charge on any atom is 0.339 e. The third kappa shape index (κ3) is 4.70. The van der Waals surface area contributed by atoms with Crippen molar-refractivity contribution in [2.24, 2.45) is 0 Å². The normalized spacial score (nSPS) is 12.0. The molecule has 0 aliphatic heterocycles. The van der Waals surface area contributed by atoms with Crippen molar-refractivity contribution < 1.29 is 14.3 Å². The first-order chi connectivity index (χ1) is 12.2. The Morgan fingerprint density at radius 3 is 2.23 bits per heavy atom. The van der Waals surface area contributed by atoms with E-state index < -0.39 is 17.6 Å². The first-order valence-electron chi connectivity index (χ1n) is 8.34. The number of hydrogen-bond donors (Lipinski definition) is 1. The fourth-order valence-electron chi connectivity index (χ4n) is 2.46. The third-order valence-corrected chi connectivity index (χ3v) is 3.64. The average molecular weight is 350 g/mol. The Morgan fingerprint density at radius 2 is 1.62 bits per heavy atom. The molecule has 0 heterocycles. The summed E-state index contributed by atoms with van der Waals surface area (Å²) in [6, 6.07) is 16.1. The molecule has 26 heavy (non-hydrogen) atoms. The van der Waals surface area contributed by atoms with Gasteiger partial charge in [-0.1, -0.05) is 36.4 Å². The molecule has 1 N–H and O–H groups in total. The van der Waals surface area contributed by atoms with Crippen LogP contribution in [0.4, 0.5) is 0 Å². The summed E-state index contributed by atoms with van der Waals surface area (Å²) in [5.74, 6) is -0.967. The van der Waals surface area contributed by atoms with Crippen LogP contribution in [0, 0.1) is 11.3 Å². The monoisotopic (exact) mass is 350 g/mol. The van der Waals surface area contributed by atoms with Crippen molar-refractivity contribution in [3.63, 3.8) is 0 Å². The number of carbonyl (C=O) groups is 2. The van der Waals surface area contributed by atoms with Crippen molar-refractivity contribution in [2.45, 2.75) is 39.3 Å². The van der Waals surface area contributed by atoms with Gasteiger partial charge >= 0.3 is 5.97 Å². The Bertz CT molecular complexity index is 860. The predicted molar refractivity (Wildman–Crippen MR) is 99.4 cm³/mol. The molecule has 2 aromatic carbocycles. The van der Waals surface area contributed by atoms with Gasteiger partial charge < -0.3 is 10.1 Å². The van der Waals surface area contributed by atoms with E-state index in [0.29, 0.717) is 22.3 Å². The number of nitrogens with one attached hydrogen (secondary N) is 1. The summed E-state index contributed by atoms with van der Waals surface area (Å²) in [6.45, 7) is 7.10. The Labute approximate surface area is 153 Å². The lowest BCUT2D eigenvalue weighted by molar-refractivity contribution is -0.130. The number of nitrogens with zero attached hydrogens (tertiary/aromatic N) is 1. The standard InChI is InChI=1S/C21H22N2O3/c1-14(19(24)23-21(2,3)4)26-20(25)18-12-8-7-11-17(18)16-10-6-5-9-15(16)13-22/h5-12,14H,1-4H3,(H,23,24)/t14-/m0/s1. The van der Waals surface area contributed by atoms with E-state index in [4.69, 9.17) is 4.74 Å². The molecule has 0 spiro atoms. The van der Waals surface area contributed by atoms with Crippen molar-refractivity contribution in [3.8, 4) is 17.2 Å². The van der Waals surface area contributed by atoms with E-state index in [1.54, 1.807) is 48.5 Å². The zero-order valence-electron chi connectivity index (χ0n) is 15.4. The molecule has 2 rings (SSSR count). The second-order valence-electron chi connectivity index (χ2n) is 6.99. The van der Waals surface area contributed by atoms with Gasteiger partial charge in [0, 0.05) is 11.1 Å². The van der Waals surface area contributed by atoms with Crippen molar-refractivity contribution in [1.82, 2.24) is 5.32 Å². The number of ether oxygens (including phenoxy) is 1. The van der Waals surface area contributed by atoms with Crippen LogP contribution < -0.4 is 5.32 Å². The number of amides is 1. The van der Waals surface area contributed by atoms with Crippen molar-refractivity contribution >= 4 is 11.9 Å². The molecule has 134 valence electrons. The van der Waals surface area contributed by atoms with Crippen LogP contribution in [0.2, 0.25) is 0 Å². The fourth-order valence-corrected chi connectivity index (χ4v) is 2.46. The van der Waals surface area contributed by atoms with Crippen molar-refractivity contribution in [2.75, 3.05) is 0 Å². The minimum atomic E-state index is -0.930. The quantitative estimate of drug-likeness (QED) is 0.853. The summed E-state index contributed by atoms with van der Waals surface area (Å²) in [6.07, 6.45) is -0.930. The van der Waals surface area contributed by atoms with Gasteiger partial charge in [-0.2, -0.15) is 5.26 Å². The summed E-state index contributed by atoms with van der Waals surface area (Å²) < 4.78 is 5.35. The number of carbonyl (C=O) groups excluding carboxylic acids is 2. The van der Waals surface area contributed by atoms with E-state index in [2.05, 4.69) is 11.4 Å². The van der Waals surface area contributed by atoms with E-state index in [1.807, 2.05) is 20.8 Å². The minimum absolute atomic E-state index is 0.311. The van der Waals surface area contributed by atoms with Crippen LogP contribution in [-0.2, 0) is 9.53 Å². The largest absolute Gasteiger partial charge is 0.449 e. The molecule has 1 amide bonds. The molecule has 0 unspecified atom stereocenters. The number of benzene rings is 2. The Balaban J connectivity index is 2.29. The molecule has 1 atom stereocenters. The average Bonchev–Trinajstić information content (AvgIpc) is 2.60. The molecular weight excluding hydrogens is 328 g/mol. The van der Waals surface area contributed by atoms with Crippen LogP contribution in [-0.4, -0.2) is 23.5 Å². The molecule has 0 fully saturated rings. The van der Waals surface area contributed by atoms with E-state index in [9.17, 15) is 14.9 Å². The van der Waals surface area contributed by atoms with Gasteiger partial charge in [0.2, 0.25) is 0 Å². The molecule has 0 saturated carbocycles. The molecule has 0 saturated heterocycles. The number of hydrogen-bond acceptors (Lipinski definition) is 4. The molecule has 0 aromatic heterocycles. The van der Waals surface area contributed by atoms with Gasteiger partial charge in [-0.3, -0.25) is 4.79 Å². The Kier molecular flexibility index (Phi) is 5.78. The maximum atomic E-state index is 12.6. The van der Waals surface area contributed by atoms with E-state index >= 15 is 0 Å². The lowest BCUT2D eigenvalue weighted by Crippen LogP contribution is -2.46. The van der Waals surface area contributed by atoms with Gasteiger partial charge in [0.1, 0.15) is 0 Å². The van der Waals surface area contributed by atoms with Gasteiger partial charge in [-0.15, -0.1) is 0 Å². The summed E-state index contributed by atoms with van der Waals surface area (Å²) >= 11 is 0. The lowest BCUT2D eigenvalue weighted by Gasteiger charge is -2.23. The van der Waals surface area contributed by atoms with Crippen LogP contribution in [0.3, 0.4) is 0 Å². The first kappa shape index (κ1) is 19.2. The summed E-state index contributed by atoms with van der Waals surface area (Å²) in [7, 11) is 0. The second-order valence-corrected chi connectivity index (χ2v) is 6.99. The van der Waals surface area contributed by atoms with Crippen LogP contribution in [0.25, 0.3) is 11.1 Å². The summed E-state index contributed by atoms with van der Waals surface area (Å²) in [4.78, 5) is 24.8. The smallest absolute Gasteiger partial charge is 0.339 e. The van der Waals surface area contributed by atoms with Crippen LogP contribution in [0.1, 0.15) is 43.6 Å². The number of rotatable bonds is 4. The SMILES string of the molecule is C[C@H](OC(=O)c1ccccc1-c1ccccc1C#N)C(=O)NC(C)(C)C. The van der Waals surface area contributed by atoms with Crippen molar-refractivity contribution in [3.05, 3.63) is 59.7 Å². The van der Waals surface area contributed by atoms with E-state index in [1.165, 1.54) is 6.92 Å². The van der Waals surface area contributed by atoms with Crippen LogP contribution in [0.15, 0.2) is 48.5 Å². The second kappa shape index (κ2) is 7.83. The highest BCUT2D eigenvalue weighted by molar-refractivity contribution is 5.99. The Morgan fingerprint density at radius 1 is 1.04 bits per heavy atom. The lowest BCUT2D eigenvalue weighted by atomic mass is 9.96. The maximum absolute atomic E-state index is 12.6. The van der Waals surface area contributed by atoms with E-state index in [0.717, 1.165) is 0 Å². The molecule has 5 nitrogen and oxygen atoms in total. The minimum Gasteiger partial charge on any atom is -0.449 e. The molecule has 5 heteroatoms.